The van der Waals surface area contributed by atoms with Crippen LogP contribution in [0.15, 0.2) is 0 Å². The van der Waals surface area contributed by atoms with Gasteiger partial charge in [-0.2, -0.15) is 0 Å². The van der Waals surface area contributed by atoms with E-state index >= 15 is 0 Å². The molecule has 0 spiro atoms. The van der Waals surface area contributed by atoms with E-state index in [9.17, 15) is 0 Å². The molecule has 0 aliphatic carbocycles. The summed E-state index contributed by atoms with van der Waals surface area (Å²) in [6.07, 6.45) is 1.25. The van der Waals surface area contributed by atoms with Gasteiger partial charge < -0.3 is 4.74 Å². The third-order valence-corrected chi connectivity index (χ3v) is 2.98. The Labute approximate surface area is 73.2 Å². The van der Waals surface area contributed by atoms with E-state index in [2.05, 4.69) is 4.90 Å². The molecule has 2 aliphatic heterocycles. The van der Waals surface area contributed by atoms with Crippen LogP contribution < -0.4 is 5.84 Å². The molecule has 70 valence electrons. The molecule has 2 aliphatic rings. The molecule has 2 N–H and O–H groups in total. The molecule has 0 aromatic carbocycles. The molecule has 0 aromatic heterocycles. The molecule has 0 radical (unpaired) electrons. The molecule has 2 saturated heterocycles. The van der Waals surface area contributed by atoms with Gasteiger partial charge in [-0.3, -0.25) is 10.7 Å². The second-order valence-corrected chi connectivity index (χ2v) is 3.73. The number of fused-ring (bicyclic) bond motifs is 2. The standard InChI is InChI=1S/C8H17N3O/c1-12-3-2-10-5-8-4-7(10)6-11(8)9/h7-8H,2-6,9H2,1H3. The van der Waals surface area contributed by atoms with Crippen LogP contribution in [-0.4, -0.2) is 55.3 Å². The lowest BCUT2D eigenvalue weighted by Gasteiger charge is -2.31. The van der Waals surface area contributed by atoms with Gasteiger partial charge in [0, 0.05) is 38.8 Å². The highest BCUT2D eigenvalue weighted by Gasteiger charge is 2.41. The number of likely N-dealkylation sites (tertiary alicyclic amines) is 1. The summed E-state index contributed by atoms with van der Waals surface area (Å²) in [4.78, 5) is 2.48. The maximum atomic E-state index is 5.79. The highest BCUT2D eigenvalue weighted by Crippen LogP contribution is 2.27. The quantitative estimate of drug-likeness (QED) is 0.568. The molecule has 2 heterocycles. The van der Waals surface area contributed by atoms with Crippen LogP contribution in [0.1, 0.15) is 6.42 Å². The second kappa shape index (κ2) is 3.30. The molecule has 2 bridgehead atoms. The second-order valence-electron chi connectivity index (χ2n) is 3.73. The van der Waals surface area contributed by atoms with Crippen molar-refractivity contribution in [2.45, 2.75) is 18.5 Å². The molecule has 12 heavy (non-hydrogen) atoms. The number of nitrogens with two attached hydrogens (primary N) is 1. The summed E-state index contributed by atoms with van der Waals surface area (Å²) in [5, 5.41) is 1.98. The maximum absolute atomic E-state index is 5.79. The van der Waals surface area contributed by atoms with Crippen LogP contribution in [-0.2, 0) is 4.74 Å². The van der Waals surface area contributed by atoms with E-state index in [-0.39, 0.29) is 0 Å². The molecule has 4 nitrogen and oxygen atoms in total. The Kier molecular flexibility index (Phi) is 2.32. The monoisotopic (exact) mass is 171 g/mol. The largest absolute Gasteiger partial charge is 0.383 e. The molecule has 0 amide bonds. The number of ether oxygens (including phenoxy) is 1. The summed E-state index contributed by atoms with van der Waals surface area (Å²) < 4.78 is 5.05. The van der Waals surface area contributed by atoms with Gasteiger partial charge in [-0.25, -0.2) is 5.01 Å². The van der Waals surface area contributed by atoms with Gasteiger partial charge in [-0.15, -0.1) is 0 Å². The lowest BCUT2D eigenvalue weighted by Crippen LogP contribution is -2.50. The molecular weight excluding hydrogens is 154 g/mol. The van der Waals surface area contributed by atoms with Gasteiger partial charge in [0.05, 0.1) is 6.61 Å². The van der Waals surface area contributed by atoms with Gasteiger partial charge in [-0.1, -0.05) is 0 Å². The first-order chi connectivity index (χ1) is 5.81. The van der Waals surface area contributed by atoms with Crippen LogP contribution in [0.3, 0.4) is 0 Å². The first kappa shape index (κ1) is 8.44. The highest BCUT2D eigenvalue weighted by atomic mass is 16.5. The summed E-state index contributed by atoms with van der Waals surface area (Å²) in [6, 6.07) is 1.29. The van der Waals surface area contributed by atoms with Crippen molar-refractivity contribution in [2.75, 3.05) is 33.4 Å². The topological polar surface area (TPSA) is 41.7 Å². The van der Waals surface area contributed by atoms with E-state index in [0.717, 1.165) is 26.2 Å². The minimum absolute atomic E-state index is 0.604. The van der Waals surface area contributed by atoms with Crippen LogP contribution in [0.2, 0.25) is 0 Å². The van der Waals surface area contributed by atoms with Crippen LogP contribution >= 0.6 is 0 Å². The first-order valence-electron chi connectivity index (χ1n) is 4.55. The number of nitrogens with zero attached hydrogens (tertiary/aromatic N) is 2. The van der Waals surface area contributed by atoms with Crippen LogP contribution in [0.5, 0.6) is 0 Å². The van der Waals surface area contributed by atoms with Gasteiger partial charge in [-0.05, 0) is 6.42 Å². The molecule has 2 rings (SSSR count). The fraction of sp³-hybridized carbons (Fsp3) is 1.00. The van der Waals surface area contributed by atoms with Crippen LogP contribution in [0.25, 0.3) is 0 Å². The van der Waals surface area contributed by atoms with E-state index in [1.165, 1.54) is 6.42 Å². The van der Waals surface area contributed by atoms with E-state index in [0.29, 0.717) is 12.1 Å². The Morgan fingerprint density at radius 2 is 2.25 bits per heavy atom. The van der Waals surface area contributed by atoms with Gasteiger partial charge in [0.15, 0.2) is 0 Å². The highest BCUT2D eigenvalue weighted by molar-refractivity contribution is 4.97. The molecule has 0 aromatic rings. The average molecular weight is 171 g/mol. The molecule has 2 unspecified atom stereocenters. The summed E-state index contributed by atoms with van der Waals surface area (Å²) in [5.74, 6) is 5.79. The van der Waals surface area contributed by atoms with Gasteiger partial charge in [0.25, 0.3) is 0 Å². The Bertz CT molecular complexity index is 162. The fourth-order valence-corrected chi connectivity index (χ4v) is 2.26. The molecular formula is C8H17N3O. The molecule has 2 atom stereocenters. The van der Waals surface area contributed by atoms with Crippen molar-refractivity contribution < 1.29 is 4.74 Å². The number of methoxy groups -OCH3 is 1. The number of piperazine rings is 1. The zero-order valence-electron chi connectivity index (χ0n) is 7.57. The Hall–Kier alpha value is -0.160. The fourth-order valence-electron chi connectivity index (χ4n) is 2.26. The smallest absolute Gasteiger partial charge is 0.0589 e. The Balaban J connectivity index is 1.82. The summed E-state index contributed by atoms with van der Waals surface area (Å²) >= 11 is 0. The van der Waals surface area contributed by atoms with Crippen molar-refractivity contribution >= 4 is 0 Å². The van der Waals surface area contributed by atoms with Crippen molar-refractivity contribution in [3.05, 3.63) is 0 Å². The van der Waals surface area contributed by atoms with E-state index in [1.54, 1.807) is 7.11 Å². The van der Waals surface area contributed by atoms with Gasteiger partial charge in [0.1, 0.15) is 0 Å². The number of hydrogen-bond donors (Lipinski definition) is 1. The maximum Gasteiger partial charge on any atom is 0.0589 e. The number of rotatable bonds is 3. The van der Waals surface area contributed by atoms with E-state index in [4.69, 9.17) is 10.6 Å². The molecule has 2 fully saturated rings. The van der Waals surface area contributed by atoms with Crippen molar-refractivity contribution in [3.8, 4) is 0 Å². The summed E-state index contributed by atoms with van der Waals surface area (Å²) in [7, 11) is 1.75. The SMILES string of the molecule is COCCN1CC2CC1CN2N. The van der Waals surface area contributed by atoms with E-state index in [1.807, 2.05) is 5.01 Å². The lowest BCUT2D eigenvalue weighted by atomic mass is 10.2. The van der Waals surface area contributed by atoms with E-state index < -0.39 is 0 Å². The van der Waals surface area contributed by atoms with Crippen molar-refractivity contribution in [1.82, 2.24) is 9.91 Å². The van der Waals surface area contributed by atoms with Gasteiger partial charge >= 0.3 is 0 Å². The van der Waals surface area contributed by atoms with Crippen LogP contribution in [0, 0.1) is 0 Å². The van der Waals surface area contributed by atoms with Gasteiger partial charge in [0.2, 0.25) is 0 Å². The zero-order valence-corrected chi connectivity index (χ0v) is 7.57. The lowest BCUT2D eigenvalue weighted by molar-refractivity contribution is 0.0942. The number of hydrogen-bond acceptors (Lipinski definition) is 4. The van der Waals surface area contributed by atoms with Crippen LogP contribution in [0.4, 0.5) is 0 Å². The minimum atomic E-state index is 0.604. The molecule has 0 saturated carbocycles. The number of hydrazine groups is 1. The normalized spacial score (nSPS) is 36.5. The zero-order chi connectivity index (χ0) is 8.55. The third kappa shape index (κ3) is 1.35. The minimum Gasteiger partial charge on any atom is -0.383 e. The van der Waals surface area contributed by atoms with Crippen molar-refractivity contribution in [1.29, 1.82) is 0 Å². The summed E-state index contributed by atoms with van der Waals surface area (Å²) in [5.41, 5.74) is 0. The first-order valence-corrected chi connectivity index (χ1v) is 4.55. The van der Waals surface area contributed by atoms with Crippen molar-refractivity contribution in [3.63, 3.8) is 0 Å². The summed E-state index contributed by atoms with van der Waals surface area (Å²) in [6.45, 7) is 4.07. The Morgan fingerprint density at radius 3 is 2.75 bits per heavy atom. The van der Waals surface area contributed by atoms with Crippen molar-refractivity contribution in [2.24, 2.45) is 5.84 Å². The Morgan fingerprint density at radius 1 is 1.42 bits per heavy atom. The molecule has 4 heteroatoms. The predicted octanol–water partition coefficient (Wildman–Crippen LogP) is -0.735. The predicted molar refractivity (Wildman–Crippen MR) is 46.5 cm³/mol. The third-order valence-electron chi connectivity index (χ3n) is 2.98. The average Bonchev–Trinajstić information content (AvgIpc) is 2.58.